The van der Waals surface area contributed by atoms with Crippen molar-refractivity contribution < 1.29 is 33.4 Å². The first-order chi connectivity index (χ1) is 11.2. The molecule has 0 aromatic rings. The predicted molar refractivity (Wildman–Crippen MR) is 87.2 cm³/mol. The van der Waals surface area contributed by atoms with Gasteiger partial charge in [-0.3, -0.25) is 19.2 Å². The van der Waals surface area contributed by atoms with E-state index in [1.165, 1.54) is 0 Å². The van der Waals surface area contributed by atoms with Crippen molar-refractivity contribution in [2.75, 3.05) is 12.4 Å². The minimum absolute atomic E-state index is 0.121. The van der Waals surface area contributed by atoms with Crippen LogP contribution in [0.3, 0.4) is 0 Å². The summed E-state index contributed by atoms with van der Waals surface area (Å²) in [6.45, 7) is 6.59. The van der Waals surface area contributed by atoms with E-state index in [1.54, 1.807) is 27.7 Å². The molecule has 24 heavy (non-hydrogen) atoms. The summed E-state index contributed by atoms with van der Waals surface area (Å²) in [5, 5.41) is 1.54. The van der Waals surface area contributed by atoms with E-state index in [9.17, 15) is 24.0 Å². The van der Waals surface area contributed by atoms with Gasteiger partial charge in [0.05, 0.1) is 12.7 Å². The Balaban J connectivity index is 4.57. The smallest absolute Gasteiger partial charge is 0.329 e. The van der Waals surface area contributed by atoms with Crippen molar-refractivity contribution in [3.05, 3.63) is 0 Å². The Hall–Kier alpha value is -1.90. The summed E-state index contributed by atoms with van der Waals surface area (Å²) >= 11 is 0.548. The van der Waals surface area contributed by atoms with Crippen LogP contribution in [-0.4, -0.2) is 53.2 Å². The SMILES string of the molecule is CCOC(=O)C(CSC(=O)C(=O)CC(=O)OC(C)C)NC(=O)CC. The maximum absolute atomic E-state index is 11.8. The van der Waals surface area contributed by atoms with Gasteiger partial charge in [-0.15, -0.1) is 0 Å². The number of amides is 1. The molecular weight excluding hydrogens is 338 g/mol. The van der Waals surface area contributed by atoms with Gasteiger partial charge in [-0.25, -0.2) is 4.79 Å². The summed E-state index contributed by atoms with van der Waals surface area (Å²) in [5.41, 5.74) is 0. The molecule has 9 heteroatoms. The molecule has 1 N–H and O–H groups in total. The third-order valence-corrected chi connectivity index (χ3v) is 3.50. The van der Waals surface area contributed by atoms with E-state index in [1.807, 2.05) is 0 Å². The van der Waals surface area contributed by atoms with Crippen molar-refractivity contribution in [1.82, 2.24) is 5.32 Å². The Morgan fingerprint density at radius 1 is 1.08 bits per heavy atom. The summed E-state index contributed by atoms with van der Waals surface area (Å²) in [6.07, 6.45) is -0.880. The average Bonchev–Trinajstić information content (AvgIpc) is 2.49. The highest BCUT2D eigenvalue weighted by molar-refractivity contribution is 8.15. The van der Waals surface area contributed by atoms with Crippen molar-refractivity contribution in [3.63, 3.8) is 0 Å². The fourth-order valence-corrected chi connectivity index (χ4v) is 2.23. The van der Waals surface area contributed by atoms with E-state index in [2.05, 4.69) is 5.32 Å². The molecule has 1 amide bonds. The number of hydrogen-bond acceptors (Lipinski definition) is 8. The van der Waals surface area contributed by atoms with Crippen molar-refractivity contribution in [2.45, 2.75) is 52.7 Å². The van der Waals surface area contributed by atoms with E-state index < -0.39 is 35.3 Å². The first kappa shape index (κ1) is 22.1. The van der Waals surface area contributed by atoms with Crippen molar-refractivity contribution in [2.24, 2.45) is 0 Å². The first-order valence-electron chi connectivity index (χ1n) is 7.56. The molecule has 136 valence electrons. The molecule has 0 spiro atoms. The maximum atomic E-state index is 11.8. The highest BCUT2D eigenvalue weighted by atomic mass is 32.2. The monoisotopic (exact) mass is 361 g/mol. The normalized spacial score (nSPS) is 11.5. The standard InChI is InChI=1S/C15H23NO7S/c1-5-12(18)16-10(14(20)22-6-2)8-24-15(21)11(17)7-13(19)23-9(3)4/h9-10H,5-8H2,1-4H3,(H,16,18). The Labute approximate surface area is 145 Å². The van der Waals surface area contributed by atoms with Gasteiger partial charge in [-0.05, 0) is 20.8 Å². The third kappa shape index (κ3) is 9.29. The van der Waals surface area contributed by atoms with Gasteiger partial charge < -0.3 is 14.8 Å². The number of ether oxygens (including phenoxy) is 2. The van der Waals surface area contributed by atoms with Gasteiger partial charge in [0.2, 0.25) is 11.7 Å². The van der Waals surface area contributed by atoms with Gasteiger partial charge in [0.1, 0.15) is 12.5 Å². The average molecular weight is 361 g/mol. The van der Waals surface area contributed by atoms with Gasteiger partial charge in [-0.1, -0.05) is 18.7 Å². The molecule has 8 nitrogen and oxygen atoms in total. The number of nitrogens with one attached hydrogen (secondary N) is 1. The number of thioether (sulfide) groups is 1. The number of esters is 2. The fourth-order valence-electron chi connectivity index (χ4n) is 1.46. The van der Waals surface area contributed by atoms with Crippen LogP contribution < -0.4 is 5.32 Å². The summed E-state index contributed by atoms with van der Waals surface area (Å²) in [4.78, 5) is 57.9. The first-order valence-corrected chi connectivity index (χ1v) is 8.55. The summed E-state index contributed by atoms with van der Waals surface area (Å²) in [7, 11) is 0. The second-order valence-corrected chi connectivity index (χ2v) is 5.96. The topological polar surface area (TPSA) is 116 Å². The van der Waals surface area contributed by atoms with E-state index >= 15 is 0 Å². The van der Waals surface area contributed by atoms with Crippen molar-refractivity contribution in [3.8, 4) is 0 Å². The lowest BCUT2D eigenvalue weighted by Crippen LogP contribution is -2.43. The van der Waals surface area contributed by atoms with Crippen LogP contribution in [-0.2, 0) is 33.4 Å². The van der Waals surface area contributed by atoms with E-state index in [0.717, 1.165) is 0 Å². The zero-order valence-corrected chi connectivity index (χ0v) is 15.1. The van der Waals surface area contributed by atoms with Gasteiger partial charge >= 0.3 is 11.9 Å². The van der Waals surface area contributed by atoms with Crippen molar-refractivity contribution in [1.29, 1.82) is 0 Å². The molecule has 0 rings (SSSR count). The number of Topliss-reactive ketones (excluding diaryl/α,β-unsaturated/α-hetero) is 1. The van der Waals surface area contributed by atoms with Gasteiger partial charge in [-0.2, -0.15) is 0 Å². The minimum Gasteiger partial charge on any atom is -0.464 e. The van der Waals surface area contributed by atoms with Crippen molar-refractivity contribution >= 4 is 40.5 Å². The third-order valence-electron chi connectivity index (χ3n) is 2.51. The van der Waals surface area contributed by atoms with Crippen LogP contribution in [0, 0.1) is 0 Å². The van der Waals surface area contributed by atoms with Crippen LogP contribution in [0.25, 0.3) is 0 Å². The molecule has 0 aromatic heterocycles. The molecule has 1 atom stereocenters. The lowest BCUT2D eigenvalue weighted by molar-refractivity contribution is -0.150. The van der Waals surface area contributed by atoms with Crippen LogP contribution in [0.15, 0.2) is 0 Å². The minimum atomic E-state index is -1.04. The largest absolute Gasteiger partial charge is 0.464 e. The number of hydrogen-bond donors (Lipinski definition) is 1. The number of ketones is 1. The molecule has 0 aliphatic heterocycles. The highest BCUT2D eigenvalue weighted by Gasteiger charge is 2.26. The molecule has 0 radical (unpaired) electrons. The number of carbonyl (C=O) groups excluding carboxylic acids is 5. The zero-order valence-electron chi connectivity index (χ0n) is 14.2. The Morgan fingerprint density at radius 2 is 1.71 bits per heavy atom. The molecule has 1 unspecified atom stereocenters. The van der Waals surface area contributed by atoms with Gasteiger partial charge in [0.25, 0.3) is 5.12 Å². The summed E-state index contributed by atoms with van der Waals surface area (Å²) < 4.78 is 9.59. The molecule has 0 aromatic carbocycles. The summed E-state index contributed by atoms with van der Waals surface area (Å²) in [5.74, 6) is -2.94. The molecule has 0 fully saturated rings. The highest BCUT2D eigenvalue weighted by Crippen LogP contribution is 2.09. The number of carbonyl (C=O) groups is 5. The van der Waals surface area contributed by atoms with Crippen LogP contribution in [0.1, 0.15) is 40.5 Å². The molecule has 0 saturated heterocycles. The van der Waals surface area contributed by atoms with E-state index in [-0.39, 0.29) is 30.8 Å². The molecule has 0 aliphatic carbocycles. The second-order valence-electron chi connectivity index (χ2n) is 4.96. The molecular formula is C15H23NO7S. The molecule has 0 saturated carbocycles. The quantitative estimate of drug-likeness (QED) is 0.342. The van der Waals surface area contributed by atoms with Crippen LogP contribution in [0.4, 0.5) is 0 Å². The zero-order chi connectivity index (χ0) is 18.7. The van der Waals surface area contributed by atoms with E-state index in [0.29, 0.717) is 11.8 Å². The fraction of sp³-hybridized carbons (Fsp3) is 0.667. The predicted octanol–water partition coefficient (Wildman–Crippen LogP) is 0.615. The summed E-state index contributed by atoms with van der Waals surface area (Å²) in [6, 6.07) is -1.04. The lowest BCUT2D eigenvalue weighted by Gasteiger charge is -2.16. The molecule has 0 heterocycles. The second kappa shape index (κ2) is 11.6. The Kier molecular flexibility index (Phi) is 10.7. The Morgan fingerprint density at radius 3 is 2.21 bits per heavy atom. The van der Waals surface area contributed by atoms with Crippen LogP contribution in [0.5, 0.6) is 0 Å². The number of rotatable bonds is 10. The lowest BCUT2D eigenvalue weighted by atomic mass is 10.3. The van der Waals surface area contributed by atoms with Gasteiger partial charge in [0, 0.05) is 12.2 Å². The molecule has 0 bridgehead atoms. The molecule has 0 aliphatic rings. The van der Waals surface area contributed by atoms with Crippen LogP contribution in [0.2, 0.25) is 0 Å². The maximum Gasteiger partial charge on any atom is 0.329 e. The van der Waals surface area contributed by atoms with E-state index in [4.69, 9.17) is 9.47 Å². The Bertz CT molecular complexity index is 490. The van der Waals surface area contributed by atoms with Crippen LogP contribution >= 0.6 is 11.8 Å². The van der Waals surface area contributed by atoms with Gasteiger partial charge in [0.15, 0.2) is 0 Å².